The molecule has 1 saturated carbocycles. The Morgan fingerprint density at radius 3 is 2.12 bits per heavy atom. The average Bonchev–Trinajstić information content (AvgIpc) is 2.96. The minimum Gasteiger partial charge on any atom is -0.497 e. The molecule has 1 aliphatic carbocycles. The lowest BCUT2D eigenvalue weighted by Crippen LogP contribution is -1.96. The van der Waals surface area contributed by atoms with Crippen LogP contribution in [0.25, 0.3) is 12.2 Å². The molecule has 0 aromatic heterocycles. The SMILES string of the molecule is COc1cc(C=C2CC/C(=C\c3ccccc3Cl)C2=O)cc(OC)c1. The fourth-order valence-corrected chi connectivity index (χ4v) is 3.06. The third-order valence-corrected chi connectivity index (χ3v) is 4.54. The normalized spacial score (nSPS) is 17.3. The van der Waals surface area contributed by atoms with Crippen LogP contribution < -0.4 is 9.47 Å². The molecule has 0 saturated heterocycles. The minimum absolute atomic E-state index is 0.0710. The van der Waals surface area contributed by atoms with E-state index in [-0.39, 0.29) is 5.78 Å². The molecule has 2 aromatic carbocycles. The van der Waals surface area contributed by atoms with Crippen molar-refractivity contribution < 1.29 is 14.3 Å². The molecule has 128 valence electrons. The molecule has 0 amide bonds. The maximum Gasteiger partial charge on any atom is 0.185 e. The Bertz CT molecular complexity index is 843. The smallest absolute Gasteiger partial charge is 0.185 e. The van der Waals surface area contributed by atoms with E-state index < -0.39 is 0 Å². The number of ketones is 1. The predicted octanol–water partition coefficient (Wildman–Crippen LogP) is 5.19. The summed E-state index contributed by atoms with van der Waals surface area (Å²) in [4.78, 5) is 12.7. The van der Waals surface area contributed by atoms with Crippen molar-refractivity contribution in [2.24, 2.45) is 0 Å². The number of Topliss-reactive ketones (excluding diaryl/α,β-unsaturated/α-hetero) is 1. The number of rotatable bonds is 4. The molecule has 3 rings (SSSR count). The monoisotopic (exact) mass is 354 g/mol. The summed E-state index contributed by atoms with van der Waals surface area (Å²) in [5.41, 5.74) is 3.33. The van der Waals surface area contributed by atoms with E-state index in [2.05, 4.69) is 0 Å². The van der Waals surface area contributed by atoms with Gasteiger partial charge < -0.3 is 9.47 Å². The van der Waals surface area contributed by atoms with E-state index in [1.54, 1.807) is 20.3 Å². The molecule has 0 N–H and O–H groups in total. The maximum atomic E-state index is 12.7. The average molecular weight is 355 g/mol. The van der Waals surface area contributed by atoms with Gasteiger partial charge in [0, 0.05) is 22.2 Å². The number of carbonyl (C=O) groups excluding carboxylic acids is 1. The topological polar surface area (TPSA) is 35.5 Å². The van der Waals surface area contributed by atoms with Gasteiger partial charge in [-0.05, 0) is 54.3 Å². The van der Waals surface area contributed by atoms with Gasteiger partial charge in [-0.15, -0.1) is 0 Å². The molecule has 0 spiro atoms. The van der Waals surface area contributed by atoms with Crippen LogP contribution in [0.4, 0.5) is 0 Å². The standard InChI is InChI=1S/C21H19ClO3/c1-24-18-10-14(11-19(13-18)25-2)9-16-7-8-17(21(16)23)12-15-5-3-4-6-20(15)22/h3-6,9-13H,7-8H2,1-2H3/b16-9?,17-12+. The maximum absolute atomic E-state index is 12.7. The number of methoxy groups -OCH3 is 2. The fraction of sp³-hybridized carbons (Fsp3) is 0.190. The second kappa shape index (κ2) is 7.58. The Kier molecular flexibility index (Phi) is 5.25. The van der Waals surface area contributed by atoms with Crippen molar-refractivity contribution in [2.75, 3.05) is 14.2 Å². The summed E-state index contributed by atoms with van der Waals surface area (Å²) in [6, 6.07) is 13.1. The Balaban J connectivity index is 1.89. The highest BCUT2D eigenvalue weighted by molar-refractivity contribution is 6.32. The number of ether oxygens (including phenoxy) is 2. The highest BCUT2D eigenvalue weighted by atomic mass is 35.5. The highest BCUT2D eigenvalue weighted by Gasteiger charge is 2.23. The van der Waals surface area contributed by atoms with Gasteiger partial charge in [0.05, 0.1) is 14.2 Å². The third-order valence-electron chi connectivity index (χ3n) is 4.20. The lowest BCUT2D eigenvalue weighted by molar-refractivity contribution is -0.111. The Morgan fingerprint density at radius 1 is 0.920 bits per heavy atom. The van der Waals surface area contributed by atoms with Crippen molar-refractivity contribution in [3.63, 3.8) is 0 Å². The summed E-state index contributed by atoms with van der Waals surface area (Å²) in [5.74, 6) is 1.47. The Morgan fingerprint density at radius 2 is 1.52 bits per heavy atom. The van der Waals surface area contributed by atoms with Crippen LogP contribution in [0, 0.1) is 0 Å². The van der Waals surface area contributed by atoms with Crippen molar-refractivity contribution >= 4 is 29.5 Å². The fourth-order valence-electron chi connectivity index (χ4n) is 2.87. The second-order valence-corrected chi connectivity index (χ2v) is 6.24. The van der Waals surface area contributed by atoms with Crippen LogP contribution in [0.2, 0.25) is 5.02 Å². The molecule has 2 aromatic rings. The molecule has 3 nitrogen and oxygen atoms in total. The van der Waals surface area contributed by atoms with Crippen LogP contribution in [0.15, 0.2) is 53.6 Å². The van der Waals surface area contributed by atoms with Crippen LogP contribution in [-0.4, -0.2) is 20.0 Å². The van der Waals surface area contributed by atoms with Crippen LogP contribution >= 0.6 is 11.6 Å². The lowest BCUT2D eigenvalue weighted by Gasteiger charge is -2.06. The van der Waals surface area contributed by atoms with Gasteiger partial charge in [0.2, 0.25) is 0 Å². The second-order valence-electron chi connectivity index (χ2n) is 5.84. The summed E-state index contributed by atoms with van der Waals surface area (Å²) < 4.78 is 10.6. The van der Waals surface area contributed by atoms with E-state index in [0.29, 0.717) is 22.9 Å². The largest absolute Gasteiger partial charge is 0.497 e. The van der Waals surface area contributed by atoms with Crippen LogP contribution in [0.3, 0.4) is 0 Å². The molecular weight excluding hydrogens is 336 g/mol. The summed E-state index contributed by atoms with van der Waals surface area (Å²) in [6.45, 7) is 0. The van der Waals surface area contributed by atoms with Gasteiger partial charge in [0.15, 0.2) is 5.78 Å². The van der Waals surface area contributed by atoms with Crippen molar-refractivity contribution in [3.8, 4) is 11.5 Å². The number of hydrogen-bond donors (Lipinski definition) is 0. The van der Waals surface area contributed by atoms with Gasteiger partial charge in [0.1, 0.15) is 11.5 Å². The Hall–Kier alpha value is -2.52. The first-order chi connectivity index (χ1) is 12.1. The van der Waals surface area contributed by atoms with Crippen LogP contribution in [-0.2, 0) is 4.79 Å². The first-order valence-corrected chi connectivity index (χ1v) is 8.42. The molecule has 25 heavy (non-hydrogen) atoms. The van der Waals surface area contributed by atoms with E-state index in [1.807, 2.05) is 48.6 Å². The zero-order chi connectivity index (χ0) is 17.8. The van der Waals surface area contributed by atoms with E-state index in [0.717, 1.165) is 28.7 Å². The van der Waals surface area contributed by atoms with E-state index in [4.69, 9.17) is 21.1 Å². The predicted molar refractivity (Wildman–Crippen MR) is 101 cm³/mol. The van der Waals surface area contributed by atoms with E-state index in [1.165, 1.54) is 0 Å². The number of allylic oxidation sites excluding steroid dienone is 2. The summed E-state index contributed by atoms with van der Waals surface area (Å²) in [5, 5.41) is 0.651. The zero-order valence-electron chi connectivity index (χ0n) is 14.2. The Labute approximate surface area is 152 Å². The van der Waals surface area contributed by atoms with Crippen LogP contribution in [0.5, 0.6) is 11.5 Å². The van der Waals surface area contributed by atoms with Crippen molar-refractivity contribution in [1.82, 2.24) is 0 Å². The van der Waals surface area contributed by atoms with Gasteiger partial charge in [-0.3, -0.25) is 4.79 Å². The van der Waals surface area contributed by atoms with Crippen molar-refractivity contribution in [3.05, 3.63) is 69.8 Å². The van der Waals surface area contributed by atoms with Gasteiger partial charge in [-0.2, -0.15) is 0 Å². The summed E-state index contributed by atoms with van der Waals surface area (Å²) in [7, 11) is 3.22. The molecule has 1 aliphatic rings. The summed E-state index contributed by atoms with van der Waals surface area (Å²) >= 11 is 6.19. The lowest BCUT2D eigenvalue weighted by atomic mass is 10.1. The van der Waals surface area contributed by atoms with Gasteiger partial charge in [-0.1, -0.05) is 29.8 Å². The molecule has 0 bridgehead atoms. The van der Waals surface area contributed by atoms with Crippen LogP contribution in [0.1, 0.15) is 24.0 Å². The number of halogens is 1. The molecule has 0 heterocycles. The van der Waals surface area contributed by atoms with Gasteiger partial charge in [0.25, 0.3) is 0 Å². The molecule has 0 atom stereocenters. The molecule has 0 aliphatic heterocycles. The molecule has 0 radical (unpaired) electrons. The molecule has 4 heteroatoms. The van der Waals surface area contributed by atoms with Crippen molar-refractivity contribution in [1.29, 1.82) is 0 Å². The quantitative estimate of drug-likeness (QED) is 0.709. The van der Waals surface area contributed by atoms with Gasteiger partial charge in [-0.25, -0.2) is 0 Å². The third kappa shape index (κ3) is 3.94. The first kappa shape index (κ1) is 17.3. The number of hydrogen-bond acceptors (Lipinski definition) is 3. The van der Waals surface area contributed by atoms with Crippen molar-refractivity contribution in [2.45, 2.75) is 12.8 Å². The molecular formula is C21H19ClO3. The number of carbonyl (C=O) groups is 1. The van der Waals surface area contributed by atoms with Gasteiger partial charge >= 0.3 is 0 Å². The molecule has 1 fully saturated rings. The highest BCUT2D eigenvalue weighted by Crippen LogP contribution is 2.32. The summed E-state index contributed by atoms with van der Waals surface area (Å²) in [6.07, 6.45) is 5.23. The molecule has 0 unspecified atom stereocenters. The first-order valence-electron chi connectivity index (χ1n) is 8.04. The number of benzene rings is 2. The van der Waals surface area contributed by atoms with E-state index in [9.17, 15) is 4.79 Å². The van der Waals surface area contributed by atoms with E-state index >= 15 is 0 Å². The minimum atomic E-state index is 0.0710. The zero-order valence-corrected chi connectivity index (χ0v) is 15.0.